The number of aromatic nitrogens is 1. The van der Waals surface area contributed by atoms with Crippen molar-refractivity contribution in [3.63, 3.8) is 0 Å². The molecular formula is C15H26N2O2. The quantitative estimate of drug-likeness (QED) is 0.771. The van der Waals surface area contributed by atoms with Crippen LogP contribution in [0.2, 0.25) is 0 Å². The fourth-order valence-electron chi connectivity index (χ4n) is 2.47. The SMILES string of the molecule is CC(C)CNCCCc1ncc(C2CCOC2C)o1. The fraction of sp³-hybridized carbons (Fsp3) is 0.800. The molecule has 2 atom stereocenters. The van der Waals surface area contributed by atoms with Crippen LogP contribution >= 0.6 is 0 Å². The molecule has 1 aliphatic heterocycles. The first-order valence-corrected chi connectivity index (χ1v) is 7.43. The second-order valence-electron chi connectivity index (χ2n) is 5.83. The number of nitrogens with one attached hydrogen (secondary N) is 1. The number of nitrogens with zero attached hydrogens (tertiary/aromatic N) is 1. The lowest BCUT2D eigenvalue weighted by Crippen LogP contribution is -2.21. The molecule has 0 amide bonds. The Kier molecular flexibility index (Phi) is 5.40. The van der Waals surface area contributed by atoms with E-state index >= 15 is 0 Å². The van der Waals surface area contributed by atoms with E-state index in [4.69, 9.17) is 9.15 Å². The first-order chi connectivity index (χ1) is 9.16. The van der Waals surface area contributed by atoms with E-state index in [-0.39, 0.29) is 6.10 Å². The summed E-state index contributed by atoms with van der Waals surface area (Å²) in [4.78, 5) is 4.38. The summed E-state index contributed by atoms with van der Waals surface area (Å²) >= 11 is 0. The highest BCUT2D eigenvalue weighted by Crippen LogP contribution is 2.31. The van der Waals surface area contributed by atoms with Gasteiger partial charge in [-0.1, -0.05) is 13.8 Å². The van der Waals surface area contributed by atoms with Crippen LogP contribution < -0.4 is 5.32 Å². The molecule has 4 heteroatoms. The van der Waals surface area contributed by atoms with E-state index in [0.29, 0.717) is 11.8 Å². The van der Waals surface area contributed by atoms with E-state index in [1.54, 1.807) is 0 Å². The molecule has 4 nitrogen and oxygen atoms in total. The van der Waals surface area contributed by atoms with Gasteiger partial charge in [0.2, 0.25) is 0 Å². The zero-order valence-electron chi connectivity index (χ0n) is 12.3. The molecule has 108 valence electrons. The third-order valence-corrected chi connectivity index (χ3v) is 3.61. The molecule has 1 aromatic heterocycles. The number of hydrogen-bond acceptors (Lipinski definition) is 4. The predicted octanol–water partition coefficient (Wildman–Crippen LogP) is 2.75. The summed E-state index contributed by atoms with van der Waals surface area (Å²) in [6.07, 6.45) is 5.17. The maximum Gasteiger partial charge on any atom is 0.194 e. The Balaban J connectivity index is 1.72. The Labute approximate surface area is 115 Å². The zero-order valence-corrected chi connectivity index (χ0v) is 12.3. The molecule has 0 spiro atoms. The Bertz CT molecular complexity index is 376. The lowest BCUT2D eigenvalue weighted by molar-refractivity contribution is 0.115. The Hall–Kier alpha value is -0.870. The topological polar surface area (TPSA) is 47.3 Å². The molecule has 1 aliphatic rings. The second-order valence-corrected chi connectivity index (χ2v) is 5.83. The number of hydrogen-bond donors (Lipinski definition) is 1. The van der Waals surface area contributed by atoms with Crippen molar-refractivity contribution < 1.29 is 9.15 Å². The Morgan fingerprint density at radius 1 is 1.47 bits per heavy atom. The van der Waals surface area contributed by atoms with E-state index in [1.807, 2.05) is 6.20 Å². The Morgan fingerprint density at radius 3 is 3.00 bits per heavy atom. The monoisotopic (exact) mass is 266 g/mol. The number of oxazole rings is 1. The molecule has 1 aromatic rings. The Morgan fingerprint density at radius 2 is 2.32 bits per heavy atom. The van der Waals surface area contributed by atoms with Crippen LogP contribution in [0.1, 0.15) is 51.2 Å². The van der Waals surface area contributed by atoms with Crippen LogP contribution in [0.5, 0.6) is 0 Å². The van der Waals surface area contributed by atoms with E-state index in [2.05, 4.69) is 31.1 Å². The van der Waals surface area contributed by atoms with Crippen molar-refractivity contribution >= 4 is 0 Å². The molecule has 1 N–H and O–H groups in total. The number of rotatable bonds is 7. The van der Waals surface area contributed by atoms with Gasteiger partial charge in [0.1, 0.15) is 5.76 Å². The van der Waals surface area contributed by atoms with Crippen LogP contribution in [-0.2, 0) is 11.2 Å². The predicted molar refractivity (Wildman–Crippen MR) is 75.3 cm³/mol. The van der Waals surface area contributed by atoms with Gasteiger partial charge in [-0.15, -0.1) is 0 Å². The van der Waals surface area contributed by atoms with Crippen LogP contribution in [0.25, 0.3) is 0 Å². The average molecular weight is 266 g/mol. The van der Waals surface area contributed by atoms with Crippen molar-refractivity contribution in [1.82, 2.24) is 10.3 Å². The second kappa shape index (κ2) is 7.06. The van der Waals surface area contributed by atoms with Crippen LogP contribution in [0.4, 0.5) is 0 Å². The van der Waals surface area contributed by atoms with Crippen LogP contribution in [-0.4, -0.2) is 30.8 Å². The maximum atomic E-state index is 5.85. The third kappa shape index (κ3) is 4.32. The van der Waals surface area contributed by atoms with Gasteiger partial charge in [-0.25, -0.2) is 4.98 Å². The van der Waals surface area contributed by atoms with Gasteiger partial charge in [-0.05, 0) is 38.8 Å². The summed E-state index contributed by atoms with van der Waals surface area (Å²) in [5.74, 6) is 2.95. The van der Waals surface area contributed by atoms with Gasteiger partial charge in [0.05, 0.1) is 12.3 Å². The summed E-state index contributed by atoms with van der Waals surface area (Å²) in [7, 11) is 0. The minimum atomic E-state index is 0.258. The summed E-state index contributed by atoms with van der Waals surface area (Å²) in [5, 5.41) is 3.43. The average Bonchev–Trinajstić information content (AvgIpc) is 2.97. The number of aryl methyl sites for hydroxylation is 1. The molecular weight excluding hydrogens is 240 g/mol. The fourth-order valence-corrected chi connectivity index (χ4v) is 2.47. The standard InChI is InChI=1S/C15H26N2O2/c1-11(2)9-16-7-4-5-15-17-10-14(19-15)13-6-8-18-12(13)3/h10-13,16H,4-9H2,1-3H3. The first kappa shape index (κ1) is 14.5. The molecule has 19 heavy (non-hydrogen) atoms. The minimum absolute atomic E-state index is 0.258. The van der Waals surface area contributed by atoms with Crippen LogP contribution in [0, 0.1) is 5.92 Å². The molecule has 0 bridgehead atoms. The van der Waals surface area contributed by atoms with E-state index in [1.165, 1.54) is 0 Å². The van der Waals surface area contributed by atoms with Crippen molar-refractivity contribution in [2.45, 2.75) is 52.1 Å². The lowest BCUT2D eigenvalue weighted by Gasteiger charge is -2.09. The lowest BCUT2D eigenvalue weighted by atomic mass is 10.0. The highest BCUT2D eigenvalue weighted by atomic mass is 16.5. The van der Waals surface area contributed by atoms with E-state index in [9.17, 15) is 0 Å². The molecule has 0 saturated carbocycles. The molecule has 0 radical (unpaired) electrons. The van der Waals surface area contributed by atoms with Gasteiger partial charge in [0.25, 0.3) is 0 Å². The summed E-state index contributed by atoms with van der Waals surface area (Å²) in [5.41, 5.74) is 0. The highest BCUT2D eigenvalue weighted by Gasteiger charge is 2.28. The first-order valence-electron chi connectivity index (χ1n) is 7.43. The summed E-state index contributed by atoms with van der Waals surface area (Å²) in [6.45, 7) is 9.49. The van der Waals surface area contributed by atoms with Gasteiger partial charge < -0.3 is 14.5 Å². The third-order valence-electron chi connectivity index (χ3n) is 3.61. The number of ether oxygens (including phenoxy) is 1. The molecule has 2 unspecified atom stereocenters. The summed E-state index contributed by atoms with van der Waals surface area (Å²) in [6, 6.07) is 0. The molecule has 2 heterocycles. The van der Waals surface area contributed by atoms with Crippen molar-refractivity contribution in [1.29, 1.82) is 0 Å². The smallest absolute Gasteiger partial charge is 0.194 e. The maximum absolute atomic E-state index is 5.85. The van der Waals surface area contributed by atoms with Gasteiger partial charge >= 0.3 is 0 Å². The molecule has 1 saturated heterocycles. The zero-order chi connectivity index (χ0) is 13.7. The highest BCUT2D eigenvalue weighted by molar-refractivity contribution is 5.06. The van der Waals surface area contributed by atoms with Crippen LogP contribution in [0.3, 0.4) is 0 Å². The van der Waals surface area contributed by atoms with Gasteiger partial charge in [0.15, 0.2) is 5.89 Å². The molecule has 0 aromatic carbocycles. The molecule has 2 rings (SSSR count). The normalized spacial score (nSPS) is 23.4. The largest absolute Gasteiger partial charge is 0.445 e. The molecule has 1 fully saturated rings. The molecule has 0 aliphatic carbocycles. The van der Waals surface area contributed by atoms with Crippen molar-refractivity contribution in [3.8, 4) is 0 Å². The van der Waals surface area contributed by atoms with Gasteiger partial charge in [-0.2, -0.15) is 0 Å². The van der Waals surface area contributed by atoms with Crippen molar-refractivity contribution in [3.05, 3.63) is 17.8 Å². The van der Waals surface area contributed by atoms with E-state index < -0.39 is 0 Å². The summed E-state index contributed by atoms with van der Waals surface area (Å²) < 4.78 is 11.4. The van der Waals surface area contributed by atoms with Crippen molar-refractivity contribution in [2.24, 2.45) is 5.92 Å². The van der Waals surface area contributed by atoms with Gasteiger partial charge in [-0.3, -0.25) is 0 Å². The van der Waals surface area contributed by atoms with E-state index in [0.717, 1.165) is 50.6 Å². The van der Waals surface area contributed by atoms with Crippen molar-refractivity contribution in [2.75, 3.05) is 19.7 Å². The minimum Gasteiger partial charge on any atom is -0.445 e. The van der Waals surface area contributed by atoms with Gasteiger partial charge in [0, 0.05) is 18.9 Å². The van der Waals surface area contributed by atoms with Crippen LogP contribution in [0.15, 0.2) is 10.6 Å².